The molecule has 0 bridgehead atoms. The van der Waals surface area contributed by atoms with Crippen LogP contribution in [-0.4, -0.2) is 35.7 Å². The average molecular weight is 330 g/mol. The molecule has 0 saturated carbocycles. The number of aliphatic hydroxyl groups is 1. The summed E-state index contributed by atoms with van der Waals surface area (Å²) < 4.78 is 0. The van der Waals surface area contributed by atoms with Crippen molar-refractivity contribution in [2.24, 2.45) is 0 Å². The van der Waals surface area contributed by atoms with Crippen molar-refractivity contribution in [3.8, 4) is 0 Å². The van der Waals surface area contributed by atoms with Crippen LogP contribution in [0, 0.1) is 0 Å². The van der Waals surface area contributed by atoms with Gasteiger partial charge in [-0.15, -0.1) is 0 Å². The molecule has 0 radical (unpaired) electrons. The van der Waals surface area contributed by atoms with Crippen LogP contribution < -0.4 is 5.32 Å². The Hall–Kier alpha value is -1.98. The molecule has 2 rings (SSSR count). The Bertz CT molecular complexity index is 634. The SMILES string of the molecule is CC(CO)N(C)C(=O)NCc1ccccc1Sc1ccccc1. The van der Waals surface area contributed by atoms with E-state index in [1.54, 1.807) is 25.7 Å². The third-order valence-corrected chi connectivity index (χ3v) is 4.75. The fourth-order valence-electron chi connectivity index (χ4n) is 1.98. The van der Waals surface area contributed by atoms with E-state index in [0.717, 1.165) is 15.4 Å². The fourth-order valence-corrected chi connectivity index (χ4v) is 2.95. The Labute approximate surface area is 141 Å². The zero-order valence-corrected chi connectivity index (χ0v) is 14.2. The molecule has 1 unspecified atom stereocenters. The highest BCUT2D eigenvalue weighted by Crippen LogP contribution is 2.30. The predicted octanol–water partition coefficient (Wildman–Crippen LogP) is 3.36. The zero-order valence-electron chi connectivity index (χ0n) is 13.4. The first-order valence-electron chi connectivity index (χ1n) is 7.54. The third kappa shape index (κ3) is 5.01. The number of amides is 2. The first-order valence-corrected chi connectivity index (χ1v) is 8.35. The van der Waals surface area contributed by atoms with Crippen molar-refractivity contribution in [1.29, 1.82) is 0 Å². The van der Waals surface area contributed by atoms with Crippen LogP contribution >= 0.6 is 11.8 Å². The molecule has 1 atom stereocenters. The Kier molecular flexibility index (Phi) is 6.50. The van der Waals surface area contributed by atoms with E-state index in [9.17, 15) is 4.79 Å². The summed E-state index contributed by atoms with van der Waals surface area (Å²) in [5, 5.41) is 12.0. The smallest absolute Gasteiger partial charge is 0.317 e. The van der Waals surface area contributed by atoms with Gasteiger partial charge in [0.05, 0.1) is 12.6 Å². The first-order chi connectivity index (χ1) is 11.1. The van der Waals surface area contributed by atoms with Gasteiger partial charge in [0.25, 0.3) is 0 Å². The molecule has 23 heavy (non-hydrogen) atoms. The lowest BCUT2D eigenvalue weighted by atomic mass is 10.2. The number of rotatable bonds is 6. The van der Waals surface area contributed by atoms with E-state index in [4.69, 9.17) is 5.11 Å². The van der Waals surface area contributed by atoms with Gasteiger partial charge in [-0.2, -0.15) is 0 Å². The van der Waals surface area contributed by atoms with Gasteiger partial charge >= 0.3 is 6.03 Å². The predicted molar refractivity (Wildman–Crippen MR) is 93.6 cm³/mol. The number of nitrogens with zero attached hydrogens (tertiary/aromatic N) is 1. The van der Waals surface area contributed by atoms with Crippen LogP contribution in [0.15, 0.2) is 64.4 Å². The highest BCUT2D eigenvalue weighted by molar-refractivity contribution is 7.99. The normalized spacial score (nSPS) is 11.8. The standard InChI is InChI=1S/C18H22N2O2S/c1-14(13-21)20(2)18(22)19-12-15-8-6-7-11-17(15)23-16-9-4-3-5-10-16/h3-11,14,21H,12-13H2,1-2H3,(H,19,22). The van der Waals surface area contributed by atoms with Gasteiger partial charge in [-0.05, 0) is 30.7 Å². The molecule has 4 nitrogen and oxygen atoms in total. The van der Waals surface area contributed by atoms with Crippen molar-refractivity contribution in [1.82, 2.24) is 10.2 Å². The summed E-state index contributed by atoms with van der Waals surface area (Å²) in [6.07, 6.45) is 0. The minimum Gasteiger partial charge on any atom is -0.394 e. The topological polar surface area (TPSA) is 52.6 Å². The minimum atomic E-state index is -0.205. The summed E-state index contributed by atoms with van der Waals surface area (Å²) in [7, 11) is 1.68. The van der Waals surface area contributed by atoms with Gasteiger partial charge in [0.15, 0.2) is 0 Å². The molecule has 2 aromatic rings. The lowest BCUT2D eigenvalue weighted by molar-refractivity contribution is 0.157. The summed E-state index contributed by atoms with van der Waals surface area (Å²) in [6, 6.07) is 17.8. The Balaban J connectivity index is 2.02. The molecule has 2 aromatic carbocycles. The highest BCUT2D eigenvalue weighted by Gasteiger charge is 2.14. The number of urea groups is 1. The molecule has 5 heteroatoms. The molecule has 122 valence electrons. The second kappa shape index (κ2) is 8.60. The number of carbonyl (C=O) groups is 1. The molecule has 0 aromatic heterocycles. The molecular formula is C18H22N2O2S. The molecule has 0 aliphatic rings. The van der Waals surface area contributed by atoms with Crippen LogP contribution in [-0.2, 0) is 6.54 Å². The van der Waals surface area contributed by atoms with Crippen molar-refractivity contribution in [3.63, 3.8) is 0 Å². The third-order valence-electron chi connectivity index (χ3n) is 3.62. The molecule has 0 spiro atoms. The summed E-state index contributed by atoms with van der Waals surface area (Å²) in [6.45, 7) is 2.21. The molecular weight excluding hydrogens is 308 g/mol. The number of aliphatic hydroxyl groups excluding tert-OH is 1. The van der Waals surface area contributed by atoms with Crippen LogP contribution in [0.25, 0.3) is 0 Å². The second-order valence-electron chi connectivity index (χ2n) is 5.32. The zero-order chi connectivity index (χ0) is 16.7. The molecule has 0 saturated heterocycles. The maximum absolute atomic E-state index is 12.1. The monoisotopic (exact) mass is 330 g/mol. The Morgan fingerprint density at radius 2 is 1.83 bits per heavy atom. The van der Waals surface area contributed by atoms with Gasteiger partial charge < -0.3 is 15.3 Å². The number of carbonyl (C=O) groups excluding carboxylic acids is 1. The quantitative estimate of drug-likeness (QED) is 0.854. The van der Waals surface area contributed by atoms with Crippen molar-refractivity contribution < 1.29 is 9.90 Å². The van der Waals surface area contributed by atoms with Crippen molar-refractivity contribution >= 4 is 17.8 Å². The number of likely N-dealkylation sites (N-methyl/N-ethyl adjacent to an activating group) is 1. The van der Waals surface area contributed by atoms with Gasteiger partial charge in [0.1, 0.15) is 0 Å². The van der Waals surface area contributed by atoms with Gasteiger partial charge in [-0.25, -0.2) is 4.79 Å². The van der Waals surface area contributed by atoms with Gasteiger partial charge in [0.2, 0.25) is 0 Å². The molecule has 0 aliphatic heterocycles. The average Bonchev–Trinajstić information content (AvgIpc) is 2.60. The highest BCUT2D eigenvalue weighted by atomic mass is 32.2. The van der Waals surface area contributed by atoms with Crippen LogP contribution in [0.4, 0.5) is 4.79 Å². The number of hydrogen-bond donors (Lipinski definition) is 2. The van der Waals surface area contributed by atoms with Gasteiger partial charge in [-0.3, -0.25) is 0 Å². The van der Waals surface area contributed by atoms with Crippen molar-refractivity contribution in [2.75, 3.05) is 13.7 Å². The van der Waals surface area contributed by atoms with Crippen LogP contribution in [0.1, 0.15) is 12.5 Å². The van der Waals surface area contributed by atoms with E-state index < -0.39 is 0 Å². The largest absolute Gasteiger partial charge is 0.394 e. The first kappa shape index (κ1) is 17.4. The number of hydrogen-bond acceptors (Lipinski definition) is 3. The molecule has 0 fully saturated rings. The molecule has 2 N–H and O–H groups in total. The minimum absolute atomic E-state index is 0.0512. The van der Waals surface area contributed by atoms with E-state index >= 15 is 0 Å². The lowest BCUT2D eigenvalue weighted by Crippen LogP contribution is -2.43. The fraction of sp³-hybridized carbons (Fsp3) is 0.278. The summed E-state index contributed by atoms with van der Waals surface area (Å²) in [5.41, 5.74) is 1.07. The van der Waals surface area contributed by atoms with Gasteiger partial charge in [0, 0.05) is 23.4 Å². The summed E-state index contributed by atoms with van der Waals surface area (Å²) in [5.74, 6) is 0. The Morgan fingerprint density at radius 1 is 1.17 bits per heavy atom. The number of benzene rings is 2. The van der Waals surface area contributed by atoms with Gasteiger partial charge in [-0.1, -0.05) is 48.2 Å². The Morgan fingerprint density at radius 3 is 2.52 bits per heavy atom. The maximum Gasteiger partial charge on any atom is 0.317 e. The molecule has 2 amide bonds. The van der Waals surface area contributed by atoms with Crippen LogP contribution in [0.5, 0.6) is 0 Å². The van der Waals surface area contributed by atoms with E-state index in [-0.39, 0.29) is 18.7 Å². The van der Waals surface area contributed by atoms with E-state index in [1.165, 1.54) is 4.90 Å². The maximum atomic E-state index is 12.1. The van der Waals surface area contributed by atoms with Crippen LogP contribution in [0.2, 0.25) is 0 Å². The van der Waals surface area contributed by atoms with E-state index in [2.05, 4.69) is 23.5 Å². The van der Waals surface area contributed by atoms with Crippen molar-refractivity contribution in [3.05, 3.63) is 60.2 Å². The van der Waals surface area contributed by atoms with Crippen molar-refractivity contribution in [2.45, 2.75) is 29.3 Å². The summed E-state index contributed by atoms with van der Waals surface area (Å²) in [4.78, 5) is 15.9. The van der Waals surface area contributed by atoms with E-state index in [0.29, 0.717) is 6.54 Å². The second-order valence-corrected chi connectivity index (χ2v) is 6.44. The number of nitrogens with one attached hydrogen (secondary N) is 1. The summed E-state index contributed by atoms with van der Waals surface area (Å²) >= 11 is 1.68. The lowest BCUT2D eigenvalue weighted by Gasteiger charge is -2.23. The molecule has 0 aliphatic carbocycles. The van der Waals surface area contributed by atoms with E-state index in [1.807, 2.05) is 36.4 Å². The van der Waals surface area contributed by atoms with Crippen LogP contribution in [0.3, 0.4) is 0 Å². The molecule has 0 heterocycles.